The number of carboxylic acid groups (broad SMARTS) is 1. The first-order chi connectivity index (χ1) is 13.8. The maximum absolute atomic E-state index is 13.2. The van der Waals surface area contributed by atoms with Gasteiger partial charge in [-0.25, -0.2) is 4.90 Å². The van der Waals surface area contributed by atoms with Gasteiger partial charge in [-0.3, -0.25) is 24.1 Å². The van der Waals surface area contributed by atoms with E-state index in [1.165, 1.54) is 0 Å². The van der Waals surface area contributed by atoms with Gasteiger partial charge in [0.25, 0.3) is 17.1 Å². The summed E-state index contributed by atoms with van der Waals surface area (Å²) in [5.41, 5.74) is 3.16. The van der Waals surface area contributed by atoms with E-state index in [0.29, 0.717) is 28.7 Å². The van der Waals surface area contributed by atoms with E-state index in [0.717, 1.165) is 20.9 Å². The Labute approximate surface area is 170 Å². The van der Waals surface area contributed by atoms with Crippen molar-refractivity contribution in [3.8, 4) is 0 Å². The second kappa shape index (κ2) is 6.89. The van der Waals surface area contributed by atoms with Crippen LogP contribution in [0.25, 0.3) is 5.57 Å². The molecule has 4 rings (SSSR count). The van der Waals surface area contributed by atoms with Crippen molar-refractivity contribution in [1.29, 1.82) is 0 Å². The highest BCUT2D eigenvalue weighted by atomic mass is 32.2. The Morgan fingerprint density at radius 3 is 2.41 bits per heavy atom. The number of carbonyl (C=O) groups excluding carboxylic acids is 3. The van der Waals surface area contributed by atoms with Crippen LogP contribution in [0.4, 0.5) is 16.2 Å². The highest BCUT2D eigenvalue weighted by Crippen LogP contribution is 2.45. The minimum atomic E-state index is -1.17. The smallest absolute Gasteiger partial charge is 0.323 e. The summed E-state index contributed by atoms with van der Waals surface area (Å²) in [5.74, 6) is -2.35. The van der Waals surface area contributed by atoms with Crippen LogP contribution in [0.5, 0.6) is 0 Å². The molecule has 3 amide bonds. The van der Waals surface area contributed by atoms with Crippen molar-refractivity contribution in [1.82, 2.24) is 0 Å². The molecule has 0 radical (unpaired) electrons. The third-order valence-electron chi connectivity index (χ3n) is 4.81. The summed E-state index contributed by atoms with van der Waals surface area (Å²) in [6.45, 7) is 3.20. The van der Waals surface area contributed by atoms with Crippen LogP contribution in [-0.4, -0.2) is 34.7 Å². The van der Waals surface area contributed by atoms with Crippen LogP contribution in [0.1, 0.15) is 16.7 Å². The lowest BCUT2D eigenvalue weighted by atomic mass is 10.1. The number of anilines is 2. The molecular formula is C21H16N2O5S. The van der Waals surface area contributed by atoms with Gasteiger partial charge in [0.1, 0.15) is 6.54 Å². The van der Waals surface area contributed by atoms with Gasteiger partial charge < -0.3 is 5.11 Å². The zero-order valence-corrected chi connectivity index (χ0v) is 16.4. The molecule has 7 nitrogen and oxygen atoms in total. The standard InChI is InChI=1S/C21H16N2O5S/c1-11-7-8-14(12(2)9-11)23-20(27)18(29-21(23)28)17-13-5-3-4-6-15(13)22(19(17)26)10-16(24)25/h3-9H,10H2,1-2H3,(H,24,25)/b18-17-. The van der Waals surface area contributed by atoms with Crippen molar-refractivity contribution < 1.29 is 24.3 Å². The zero-order valence-electron chi connectivity index (χ0n) is 15.6. The van der Waals surface area contributed by atoms with Crippen molar-refractivity contribution in [3.63, 3.8) is 0 Å². The lowest BCUT2D eigenvalue weighted by Crippen LogP contribution is -2.33. The lowest BCUT2D eigenvalue weighted by Gasteiger charge is -2.16. The number of aryl methyl sites for hydroxylation is 2. The fourth-order valence-corrected chi connectivity index (χ4v) is 4.50. The Bertz CT molecular complexity index is 1140. The quantitative estimate of drug-likeness (QED) is 0.783. The largest absolute Gasteiger partial charge is 0.480 e. The van der Waals surface area contributed by atoms with E-state index >= 15 is 0 Å². The van der Waals surface area contributed by atoms with E-state index in [9.17, 15) is 19.2 Å². The molecule has 1 fully saturated rings. The molecular weight excluding hydrogens is 392 g/mol. The number of benzene rings is 2. The van der Waals surface area contributed by atoms with Crippen LogP contribution in [-0.2, 0) is 14.4 Å². The number of carboxylic acids is 1. The zero-order chi connectivity index (χ0) is 20.9. The number of thioether (sulfide) groups is 1. The molecule has 0 unspecified atom stereocenters. The third kappa shape index (κ3) is 3.01. The first-order valence-corrected chi connectivity index (χ1v) is 9.62. The minimum absolute atomic E-state index is 0.0142. The van der Waals surface area contributed by atoms with Crippen molar-refractivity contribution in [2.75, 3.05) is 16.3 Å². The van der Waals surface area contributed by atoms with Gasteiger partial charge in [-0.2, -0.15) is 0 Å². The maximum Gasteiger partial charge on any atom is 0.323 e. The summed E-state index contributed by atoms with van der Waals surface area (Å²) >= 11 is 0.697. The average Bonchev–Trinajstić information content (AvgIpc) is 3.09. The van der Waals surface area contributed by atoms with Crippen LogP contribution in [0.15, 0.2) is 47.4 Å². The summed E-state index contributed by atoms with van der Waals surface area (Å²) < 4.78 is 0. The molecule has 0 bridgehead atoms. The number of para-hydroxylation sites is 1. The SMILES string of the molecule is Cc1ccc(N2C(=O)S/C(=C3\C(=O)N(CC(=O)O)c4ccccc43)C2=O)c(C)c1. The number of hydrogen-bond acceptors (Lipinski definition) is 5. The van der Waals surface area contributed by atoms with E-state index in [4.69, 9.17) is 5.11 Å². The summed E-state index contributed by atoms with van der Waals surface area (Å²) in [7, 11) is 0. The number of nitrogens with zero attached hydrogens (tertiary/aromatic N) is 2. The average molecular weight is 408 g/mol. The molecule has 0 spiro atoms. The molecule has 2 aliphatic rings. The van der Waals surface area contributed by atoms with Gasteiger partial charge in [-0.05, 0) is 43.3 Å². The molecule has 8 heteroatoms. The number of amides is 3. The number of imide groups is 1. The first-order valence-electron chi connectivity index (χ1n) is 8.80. The second-order valence-electron chi connectivity index (χ2n) is 6.80. The van der Waals surface area contributed by atoms with Crippen LogP contribution < -0.4 is 9.80 Å². The van der Waals surface area contributed by atoms with Crippen molar-refractivity contribution in [2.45, 2.75) is 13.8 Å². The molecule has 0 aromatic heterocycles. The number of fused-ring (bicyclic) bond motifs is 1. The van der Waals surface area contributed by atoms with Crippen LogP contribution in [0.2, 0.25) is 0 Å². The van der Waals surface area contributed by atoms with Crippen molar-refractivity contribution >= 4 is 51.7 Å². The van der Waals surface area contributed by atoms with E-state index in [1.807, 2.05) is 26.0 Å². The molecule has 2 aromatic carbocycles. The van der Waals surface area contributed by atoms with Gasteiger partial charge in [0.2, 0.25) is 0 Å². The van der Waals surface area contributed by atoms with Crippen LogP contribution in [0, 0.1) is 13.8 Å². The van der Waals surface area contributed by atoms with E-state index in [2.05, 4.69) is 0 Å². The number of aliphatic carboxylic acids is 1. The second-order valence-corrected chi connectivity index (χ2v) is 7.77. The topological polar surface area (TPSA) is 95.0 Å². The molecule has 1 saturated heterocycles. The van der Waals surface area contributed by atoms with Gasteiger partial charge in [-0.1, -0.05) is 35.9 Å². The Kier molecular flexibility index (Phi) is 4.50. The van der Waals surface area contributed by atoms with Gasteiger partial charge >= 0.3 is 5.97 Å². The predicted molar refractivity (Wildman–Crippen MR) is 110 cm³/mol. The number of carbonyl (C=O) groups is 4. The fourth-order valence-electron chi connectivity index (χ4n) is 3.57. The molecule has 0 atom stereocenters. The number of hydrogen-bond donors (Lipinski definition) is 1. The summed E-state index contributed by atoms with van der Waals surface area (Å²) in [4.78, 5) is 52.3. The fraction of sp³-hybridized carbons (Fsp3) is 0.143. The molecule has 0 saturated carbocycles. The molecule has 146 valence electrons. The highest BCUT2D eigenvalue weighted by Gasteiger charge is 2.44. The Morgan fingerprint density at radius 2 is 1.72 bits per heavy atom. The monoisotopic (exact) mass is 408 g/mol. The van der Waals surface area contributed by atoms with Crippen LogP contribution >= 0.6 is 11.8 Å². The normalized spacial score (nSPS) is 18.6. The highest BCUT2D eigenvalue weighted by molar-refractivity contribution is 8.19. The maximum atomic E-state index is 13.2. The van der Waals surface area contributed by atoms with Gasteiger partial charge in [-0.15, -0.1) is 0 Å². The molecule has 2 heterocycles. The Hall–Kier alpha value is -3.39. The molecule has 2 aromatic rings. The first kappa shape index (κ1) is 18.9. The Morgan fingerprint density at radius 1 is 1.00 bits per heavy atom. The molecule has 1 N–H and O–H groups in total. The van der Waals surface area contributed by atoms with Gasteiger partial charge in [0, 0.05) is 5.56 Å². The van der Waals surface area contributed by atoms with E-state index in [1.54, 1.807) is 30.3 Å². The van der Waals surface area contributed by atoms with Crippen molar-refractivity contribution in [2.24, 2.45) is 0 Å². The third-order valence-corrected chi connectivity index (χ3v) is 5.75. The molecule has 0 aliphatic carbocycles. The van der Waals surface area contributed by atoms with E-state index < -0.39 is 29.6 Å². The minimum Gasteiger partial charge on any atom is -0.480 e. The summed E-state index contributed by atoms with van der Waals surface area (Å²) in [6.07, 6.45) is 0. The van der Waals surface area contributed by atoms with Gasteiger partial charge in [0.05, 0.1) is 21.9 Å². The van der Waals surface area contributed by atoms with Crippen molar-refractivity contribution in [3.05, 3.63) is 64.1 Å². The molecule has 2 aliphatic heterocycles. The summed E-state index contributed by atoms with van der Waals surface area (Å²) in [5, 5.41) is 8.67. The Balaban J connectivity index is 1.84. The predicted octanol–water partition coefficient (Wildman–Crippen LogP) is 3.35. The van der Waals surface area contributed by atoms with E-state index in [-0.39, 0.29) is 10.5 Å². The number of rotatable bonds is 3. The lowest BCUT2D eigenvalue weighted by molar-refractivity contribution is -0.136. The molecule has 29 heavy (non-hydrogen) atoms. The van der Waals surface area contributed by atoms with Crippen LogP contribution in [0.3, 0.4) is 0 Å². The van der Waals surface area contributed by atoms with Gasteiger partial charge in [0.15, 0.2) is 0 Å². The summed E-state index contributed by atoms with van der Waals surface area (Å²) in [6, 6.07) is 12.0.